The molecule has 104 valence electrons. The highest BCUT2D eigenvalue weighted by Crippen LogP contribution is 2.21. The Morgan fingerprint density at radius 3 is 2.15 bits per heavy atom. The second-order valence-corrected chi connectivity index (χ2v) is 6.56. The SMILES string of the molecule is CS(=O)(=O)N(/C=C\c1ccccc1)c1ccc(Cl)cc1. The van der Waals surface area contributed by atoms with E-state index in [1.165, 1.54) is 10.5 Å². The van der Waals surface area contributed by atoms with Crippen LogP contribution >= 0.6 is 11.6 Å². The van der Waals surface area contributed by atoms with Crippen LogP contribution < -0.4 is 4.31 Å². The Hall–Kier alpha value is -1.78. The van der Waals surface area contributed by atoms with Gasteiger partial charge in [0.15, 0.2) is 0 Å². The molecule has 0 fully saturated rings. The molecule has 0 aliphatic heterocycles. The van der Waals surface area contributed by atoms with Gasteiger partial charge in [0.25, 0.3) is 0 Å². The number of anilines is 1. The molecule has 2 aromatic carbocycles. The molecule has 3 nitrogen and oxygen atoms in total. The lowest BCUT2D eigenvalue weighted by Gasteiger charge is -2.18. The van der Waals surface area contributed by atoms with Gasteiger partial charge in [-0.3, -0.25) is 0 Å². The van der Waals surface area contributed by atoms with Crippen LogP contribution in [0.1, 0.15) is 5.56 Å². The van der Waals surface area contributed by atoms with E-state index >= 15 is 0 Å². The van der Waals surface area contributed by atoms with Gasteiger partial charge in [0.1, 0.15) is 0 Å². The fourth-order valence-corrected chi connectivity index (χ4v) is 2.61. The molecule has 20 heavy (non-hydrogen) atoms. The highest BCUT2D eigenvalue weighted by Gasteiger charge is 2.14. The molecule has 0 aromatic heterocycles. The Morgan fingerprint density at radius 1 is 1.00 bits per heavy atom. The van der Waals surface area contributed by atoms with Crippen molar-refractivity contribution in [3.05, 3.63) is 71.4 Å². The van der Waals surface area contributed by atoms with Crippen molar-refractivity contribution in [1.82, 2.24) is 0 Å². The smallest absolute Gasteiger partial charge is 0.236 e. The highest BCUT2D eigenvalue weighted by molar-refractivity contribution is 7.92. The molecule has 0 saturated heterocycles. The number of sulfonamides is 1. The summed E-state index contributed by atoms with van der Waals surface area (Å²) in [7, 11) is -3.40. The number of hydrogen-bond donors (Lipinski definition) is 0. The van der Waals surface area contributed by atoms with E-state index in [4.69, 9.17) is 11.6 Å². The van der Waals surface area contributed by atoms with Gasteiger partial charge in [-0.05, 0) is 35.9 Å². The summed E-state index contributed by atoms with van der Waals surface area (Å²) in [6, 6.07) is 16.1. The number of benzene rings is 2. The second kappa shape index (κ2) is 6.11. The zero-order valence-electron chi connectivity index (χ0n) is 10.9. The topological polar surface area (TPSA) is 37.4 Å². The molecule has 2 rings (SSSR count). The van der Waals surface area contributed by atoms with Gasteiger partial charge in [-0.1, -0.05) is 41.9 Å². The first-order valence-electron chi connectivity index (χ1n) is 5.95. The van der Waals surface area contributed by atoms with Crippen molar-refractivity contribution in [1.29, 1.82) is 0 Å². The van der Waals surface area contributed by atoms with Gasteiger partial charge in [0, 0.05) is 11.2 Å². The van der Waals surface area contributed by atoms with E-state index in [9.17, 15) is 8.42 Å². The predicted molar refractivity (Wildman–Crippen MR) is 84.3 cm³/mol. The summed E-state index contributed by atoms with van der Waals surface area (Å²) in [6.45, 7) is 0. The molecule has 5 heteroatoms. The molecular weight excluding hydrogens is 294 g/mol. The molecule has 0 N–H and O–H groups in total. The molecule has 0 spiro atoms. The van der Waals surface area contributed by atoms with Gasteiger partial charge in [-0.15, -0.1) is 0 Å². The van der Waals surface area contributed by atoms with Crippen molar-refractivity contribution < 1.29 is 8.42 Å². The maximum absolute atomic E-state index is 11.9. The number of rotatable bonds is 4. The van der Waals surface area contributed by atoms with E-state index < -0.39 is 10.0 Å². The first-order valence-corrected chi connectivity index (χ1v) is 8.18. The maximum Gasteiger partial charge on any atom is 0.236 e. The minimum Gasteiger partial charge on any atom is -0.246 e. The van der Waals surface area contributed by atoms with Gasteiger partial charge in [-0.25, -0.2) is 12.7 Å². The van der Waals surface area contributed by atoms with E-state index in [1.807, 2.05) is 30.3 Å². The molecule has 0 heterocycles. The normalized spacial score (nSPS) is 11.7. The van der Waals surface area contributed by atoms with Crippen molar-refractivity contribution in [3.63, 3.8) is 0 Å². The summed E-state index contributed by atoms with van der Waals surface area (Å²) in [4.78, 5) is 0. The predicted octanol–water partition coefficient (Wildman–Crippen LogP) is 3.78. The zero-order chi connectivity index (χ0) is 14.6. The molecule has 0 atom stereocenters. The van der Waals surface area contributed by atoms with Crippen LogP contribution in [0.3, 0.4) is 0 Å². The summed E-state index contributed by atoms with van der Waals surface area (Å²) in [6.07, 6.45) is 4.44. The van der Waals surface area contributed by atoms with Gasteiger partial charge in [0.05, 0.1) is 11.9 Å². The summed E-state index contributed by atoms with van der Waals surface area (Å²) in [5.41, 5.74) is 1.47. The number of halogens is 1. The van der Waals surface area contributed by atoms with Gasteiger partial charge in [0.2, 0.25) is 10.0 Å². The molecule has 0 amide bonds. The lowest BCUT2D eigenvalue weighted by molar-refractivity contribution is 0.601. The molecule has 0 radical (unpaired) electrons. The minimum atomic E-state index is -3.40. The van der Waals surface area contributed by atoms with Crippen molar-refractivity contribution in [3.8, 4) is 0 Å². The van der Waals surface area contributed by atoms with Gasteiger partial charge in [-0.2, -0.15) is 0 Å². The van der Waals surface area contributed by atoms with Gasteiger partial charge < -0.3 is 0 Å². The standard InChI is InChI=1S/C15H14ClNO2S/c1-20(18,19)17(15-9-7-14(16)8-10-15)12-11-13-5-3-2-4-6-13/h2-12H,1H3/b12-11-. The summed E-state index contributed by atoms with van der Waals surface area (Å²) in [5.74, 6) is 0. The van der Waals surface area contributed by atoms with Crippen LogP contribution in [0, 0.1) is 0 Å². The first-order chi connectivity index (χ1) is 9.47. The van der Waals surface area contributed by atoms with E-state index in [1.54, 1.807) is 30.3 Å². The van der Waals surface area contributed by atoms with Crippen LogP contribution in [-0.4, -0.2) is 14.7 Å². The quantitative estimate of drug-likeness (QED) is 0.862. The molecule has 0 aliphatic carbocycles. The van der Waals surface area contributed by atoms with Crippen LogP contribution in [-0.2, 0) is 10.0 Å². The molecule has 0 aliphatic rings. The lowest BCUT2D eigenvalue weighted by Crippen LogP contribution is -2.23. The molecule has 0 saturated carbocycles. The van der Waals surface area contributed by atoms with Crippen LogP contribution in [0.2, 0.25) is 5.02 Å². The third-order valence-electron chi connectivity index (χ3n) is 2.64. The van der Waals surface area contributed by atoms with E-state index in [0.29, 0.717) is 10.7 Å². The third kappa shape index (κ3) is 3.85. The van der Waals surface area contributed by atoms with Gasteiger partial charge >= 0.3 is 0 Å². The Bertz CT molecular complexity index is 694. The van der Waals surface area contributed by atoms with Crippen LogP contribution in [0.5, 0.6) is 0 Å². The fraction of sp³-hybridized carbons (Fsp3) is 0.0667. The van der Waals surface area contributed by atoms with Crippen LogP contribution in [0.15, 0.2) is 60.8 Å². The molecule has 2 aromatic rings. The number of hydrogen-bond acceptors (Lipinski definition) is 2. The molecule has 0 bridgehead atoms. The molecular formula is C15H14ClNO2S. The average Bonchev–Trinajstić information content (AvgIpc) is 2.41. The highest BCUT2D eigenvalue weighted by atomic mass is 35.5. The Balaban J connectivity index is 2.35. The Morgan fingerprint density at radius 2 is 1.60 bits per heavy atom. The minimum absolute atomic E-state index is 0.545. The fourth-order valence-electron chi connectivity index (χ4n) is 1.69. The van der Waals surface area contributed by atoms with Crippen LogP contribution in [0.25, 0.3) is 6.08 Å². The average molecular weight is 308 g/mol. The zero-order valence-corrected chi connectivity index (χ0v) is 12.5. The second-order valence-electron chi connectivity index (χ2n) is 4.26. The maximum atomic E-state index is 11.9. The number of nitrogens with zero attached hydrogens (tertiary/aromatic N) is 1. The Labute approximate surface area is 124 Å². The van der Waals surface area contributed by atoms with E-state index in [0.717, 1.165) is 11.8 Å². The van der Waals surface area contributed by atoms with Crippen molar-refractivity contribution in [2.45, 2.75) is 0 Å². The summed E-state index contributed by atoms with van der Waals surface area (Å²) >= 11 is 5.82. The van der Waals surface area contributed by atoms with Crippen molar-refractivity contribution >= 4 is 33.4 Å². The Kier molecular flexibility index (Phi) is 4.47. The third-order valence-corrected chi connectivity index (χ3v) is 3.94. The summed E-state index contributed by atoms with van der Waals surface area (Å²) in [5, 5.41) is 0.564. The van der Waals surface area contributed by atoms with Crippen molar-refractivity contribution in [2.24, 2.45) is 0 Å². The summed E-state index contributed by atoms with van der Waals surface area (Å²) < 4.78 is 25.0. The first kappa shape index (κ1) is 14.6. The van der Waals surface area contributed by atoms with E-state index in [2.05, 4.69) is 0 Å². The van der Waals surface area contributed by atoms with E-state index in [-0.39, 0.29) is 0 Å². The largest absolute Gasteiger partial charge is 0.246 e. The van der Waals surface area contributed by atoms with Crippen molar-refractivity contribution in [2.75, 3.05) is 10.6 Å². The van der Waals surface area contributed by atoms with Crippen LogP contribution in [0.4, 0.5) is 5.69 Å². The lowest BCUT2D eigenvalue weighted by atomic mass is 10.2. The molecule has 0 unspecified atom stereocenters. The monoisotopic (exact) mass is 307 g/mol.